The lowest BCUT2D eigenvalue weighted by Crippen LogP contribution is -2.28. The Labute approximate surface area is 116 Å². The number of anilines is 2. The molecular weight excluding hydrogens is 268 g/mol. The van der Waals surface area contributed by atoms with Gasteiger partial charge in [-0.05, 0) is 5.92 Å². The molecule has 1 aromatic heterocycles. The Morgan fingerprint density at radius 1 is 1.35 bits per heavy atom. The second-order valence-corrected chi connectivity index (χ2v) is 4.67. The second-order valence-electron chi connectivity index (χ2n) is 4.67. The summed E-state index contributed by atoms with van der Waals surface area (Å²) in [6.45, 7) is 4.74. The smallest absolute Gasteiger partial charge is 0.221 e. The van der Waals surface area contributed by atoms with Crippen LogP contribution in [0.4, 0.5) is 20.4 Å². The van der Waals surface area contributed by atoms with Crippen LogP contribution in [0.1, 0.15) is 20.3 Å². The first-order valence-corrected chi connectivity index (χ1v) is 6.27. The molecule has 0 aliphatic heterocycles. The average molecular weight is 287 g/mol. The summed E-state index contributed by atoms with van der Waals surface area (Å²) in [5.74, 6) is 3.11. The molecule has 8 heteroatoms. The summed E-state index contributed by atoms with van der Waals surface area (Å²) < 4.78 is 26.5. The van der Waals surface area contributed by atoms with Crippen molar-refractivity contribution in [1.29, 1.82) is 0 Å². The van der Waals surface area contributed by atoms with Gasteiger partial charge in [0.1, 0.15) is 0 Å². The van der Waals surface area contributed by atoms with Crippen LogP contribution in [0.5, 0.6) is 0 Å². The summed E-state index contributed by atoms with van der Waals surface area (Å²) in [4.78, 5) is 15.1. The summed E-state index contributed by atoms with van der Waals surface area (Å²) in [6, 6.07) is 0.670. The van der Waals surface area contributed by atoms with E-state index in [0.29, 0.717) is 18.5 Å². The van der Waals surface area contributed by atoms with E-state index in [1.54, 1.807) is 0 Å². The minimum Gasteiger partial charge on any atom is -0.367 e. The predicted octanol–water partition coefficient (Wildman–Crippen LogP) is 1.22. The van der Waals surface area contributed by atoms with Crippen molar-refractivity contribution < 1.29 is 13.6 Å². The average Bonchev–Trinajstić information content (AvgIpc) is 2.39. The van der Waals surface area contributed by atoms with Gasteiger partial charge < -0.3 is 16.1 Å². The molecule has 20 heavy (non-hydrogen) atoms. The van der Waals surface area contributed by atoms with Crippen LogP contribution in [0, 0.1) is 17.6 Å². The monoisotopic (exact) mass is 287 g/mol. The van der Waals surface area contributed by atoms with E-state index in [0.717, 1.165) is 0 Å². The highest BCUT2D eigenvalue weighted by atomic mass is 19.1. The van der Waals surface area contributed by atoms with E-state index >= 15 is 0 Å². The van der Waals surface area contributed by atoms with E-state index in [4.69, 9.17) is 5.84 Å². The van der Waals surface area contributed by atoms with Crippen LogP contribution in [-0.2, 0) is 4.79 Å². The highest BCUT2D eigenvalue weighted by molar-refractivity contribution is 5.76. The molecule has 1 heterocycles. The number of amides is 1. The van der Waals surface area contributed by atoms with Gasteiger partial charge in [0, 0.05) is 25.6 Å². The van der Waals surface area contributed by atoms with Crippen molar-refractivity contribution in [2.75, 3.05) is 23.8 Å². The summed E-state index contributed by atoms with van der Waals surface area (Å²) >= 11 is 0. The number of nitrogens with two attached hydrogens (primary N) is 1. The van der Waals surface area contributed by atoms with Crippen molar-refractivity contribution in [3.05, 3.63) is 17.7 Å². The Morgan fingerprint density at radius 3 is 2.60 bits per heavy atom. The van der Waals surface area contributed by atoms with Crippen LogP contribution in [0.3, 0.4) is 0 Å². The van der Waals surface area contributed by atoms with Gasteiger partial charge in [-0.25, -0.2) is 19.6 Å². The Morgan fingerprint density at radius 2 is 2.00 bits per heavy atom. The minimum atomic E-state index is -0.884. The molecule has 0 unspecified atom stereocenters. The molecule has 6 nitrogen and oxygen atoms in total. The third-order valence-corrected chi connectivity index (χ3v) is 2.42. The molecule has 1 rings (SSSR count). The molecule has 112 valence electrons. The normalized spacial score (nSPS) is 10.5. The molecule has 0 radical (unpaired) electrons. The minimum absolute atomic E-state index is 0.147. The maximum absolute atomic E-state index is 13.4. The number of carbonyl (C=O) groups excluding carboxylic acids is 1. The van der Waals surface area contributed by atoms with E-state index in [2.05, 4.69) is 15.6 Å². The number of hydrogen-bond acceptors (Lipinski definition) is 5. The molecule has 5 N–H and O–H groups in total. The molecule has 0 aliphatic carbocycles. The highest BCUT2D eigenvalue weighted by Crippen LogP contribution is 2.17. The molecule has 0 aromatic carbocycles. The maximum Gasteiger partial charge on any atom is 0.221 e. The number of hydrogen-bond donors (Lipinski definition) is 4. The lowest BCUT2D eigenvalue weighted by atomic mass is 10.2. The molecule has 1 amide bonds. The number of hydrazine groups is 1. The maximum atomic E-state index is 13.4. The number of nitrogen functional groups attached to an aromatic ring is 1. The summed E-state index contributed by atoms with van der Waals surface area (Å²) in [7, 11) is 0. The second kappa shape index (κ2) is 7.59. The van der Waals surface area contributed by atoms with Crippen molar-refractivity contribution in [1.82, 2.24) is 10.3 Å². The van der Waals surface area contributed by atoms with Crippen molar-refractivity contribution in [3.8, 4) is 0 Å². The SMILES string of the molecule is CC(C)CNC(=O)CCNc1nc(NN)c(F)cc1F. The molecule has 0 saturated heterocycles. The van der Waals surface area contributed by atoms with Crippen LogP contribution in [-0.4, -0.2) is 24.0 Å². The van der Waals surface area contributed by atoms with Crippen molar-refractivity contribution >= 4 is 17.5 Å². The number of carbonyl (C=O) groups is 1. The lowest BCUT2D eigenvalue weighted by molar-refractivity contribution is -0.120. The predicted molar refractivity (Wildman–Crippen MR) is 72.9 cm³/mol. The number of halogens is 2. The van der Waals surface area contributed by atoms with Gasteiger partial charge in [0.2, 0.25) is 5.91 Å². The molecule has 0 saturated carbocycles. The van der Waals surface area contributed by atoms with E-state index < -0.39 is 11.6 Å². The molecule has 0 atom stereocenters. The van der Waals surface area contributed by atoms with Gasteiger partial charge in [-0.15, -0.1) is 0 Å². The first-order valence-electron chi connectivity index (χ1n) is 6.27. The molecule has 0 aliphatic rings. The fourth-order valence-electron chi connectivity index (χ4n) is 1.39. The van der Waals surface area contributed by atoms with Crippen molar-refractivity contribution in [2.24, 2.45) is 11.8 Å². The lowest BCUT2D eigenvalue weighted by Gasteiger charge is -2.10. The zero-order valence-electron chi connectivity index (χ0n) is 11.5. The molecule has 1 aromatic rings. The molecular formula is C12H19F2N5O. The fourth-order valence-corrected chi connectivity index (χ4v) is 1.39. The third-order valence-electron chi connectivity index (χ3n) is 2.42. The van der Waals surface area contributed by atoms with Crippen LogP contribution >= 0.6 is 0 Å². The van der Waals surface area contributed by atoms with Crippen molar-refractivity contribution in [2.45, 2.75) is 20.3 Å². The van der Waals surface area contributed by atoms with Gasteiger partial charge in [0.05, 0.1) is 0 Å². The van der Waals surface area contributed by atoms with E-state index in [1.807, 2.05) is 19.3 Å². The fraction of sp³-hybridized carbons (Fsp3) is 0.500. The van der Waals surface area contributed by atoms with Gasteiger partial charge in [-0.3, -0.25) is 4.79 Å². The molecule has 0 bridgehead atoms. The zero-order valence-corrected chi connectivity index (χ0v) is 11.5. The number of aromatic nitrogens is 1. The third kappa shape index (κ3) is 4.96. The van der Waals surface area contributed by atoms with E-state index in [9.17, 15) is 13.6 Å². The summed E-state index contributed by atoms with van der Waals surface area (Å²) in [5, 5.41) is 5.35. The molecule has 0 spiro atoms. The Balaban J connectivity index is 2.48. The van der Waals surface area contributed by atoms with Gasteiger partial charge >= 0.3 is 0 Å². The van der Waals surface area contributed by atoms with Crippen LogP contribution < -0.4 is 21.9 Å². The Hall–Kier alpha value is -1.96. The summed E-state index contributed by atoms with van der Waals surface area (Å²) in [5.41, 5.74) is 2.02. The number of rotatable bonds is 7. The van der Waals surface area contributed by atoms with Crippen LogP contribution in [0.2, 0.25) is 0 Å². The first kappa shape index (κ1) is 16.1. The number of nitrogens with zero attached hydrogens (tertiary/aromatic N) is 1. The Bertz CT molecular complexity index is 467. The first-order chi connectivity index (χ1) is 9.43. The summed E-state index contributed by atoms with van der Waals surface area (Å²) in [6.07, 6.45) is 0.163. The highest BCUT2D eigenvalue weighted by Gasteiger charge is 2.11. The van der Waals surface area contributed by atoms with Gasteiger partial charge in [0.25, 0.3) is 0 Å². The standard InChI is InChI=1S/C12H19F2N5O/c1-7(2)6-17-10(20)3-4-16-11-8(13)5-9(14)12(18-11)19-15/h5,7H,3-4,6,15H2,1-2H3,(H,17,20)(H2,16,18,19). The van der Waals surface area contributed by atoms with E-state index in [1.165, 1.54) is 0 Å². The van der Waals surface area contributed by atoms with E-state index in [-0.39, 0.29) is 30.5 Å². The van der Waals surface area contributed by atoms with Crippen LogP contribution in [0.25, 0.3) is 0 Å². The van der Waals surface area contributed by atoms with Gasteiger partial charge in [-0.2, -0.15) is 0 Å². The largest absolute Gasteiger partial charge is 0.367 e. The number of nitrogens with one attached hydrogen (secondary N) is 3. The molecule has 0 fully saturated rings. The topological polar surface area (TPSA) is 92.1 Å². The van der Waals surface area contributed by atoms with Gasteiger partial charge in [-0.1, -0.05) is 13.8 Å². The van der Waals surface area contributed by atoms with Crippen LogP contribution in [0.15, 0.2) is 6.07 Å². The zero-order chi connectivity index (χ0) is 15.1. The van der Waals surface area contributed by atoms with Crippen molar-refractivity contribution in [3.63, 3.8) is 0 Å². The quantitative estimate of drug-likeness (QED) is 0.447. The Kier molecular flexibility index (Phi) is 6.10. The number of pyridine rings is 1. The van der Waals surface area contributed by atoms with Gasteiger partial charge in [0.15, 0.2) is 23.3 Å².